The van der Waals surface area contributed by atoms with Crippen LogP contribution >= 0.6 is 0 Å². The van der Waals surface area contributed by atoms with E-state index < -0.39 is 0 Å². The van der Waals surface area contributed by atoms with E-state index in [0.29, 0.717) is 18.7 Å². The Hall–Kier alpha value is -1.77. The number of anilines is 1. The zero-order valence-corrected chi connectivity index (χ0v) is 10.0. The Bertz CT molecular complexity index is 357. The highest BCUT2D eigenvalue weighted by Crippen LogP contribution is 2.07. The minimum Gasteiger partial charge on any atom is -0.465 e. The van der Waals surface area contributed by atoms with Gasteiger partial charge in [-0.2, -0.15) is 0 Å². The van der Waals surface area contributed by atoms with E-state index in [1.54, 1.807) is 12.1 Å². The molecule has 92 valence electrons. The number of ether oxygens (including phenoxy) is 1. The van der Waals surface area contributed by atoms with Crippen molar-refractivity contribution < 1.29 is 9.53 Å². The second-order valence-electron chi connectivity index (χ2n) is 3.92. The highest BCUT2D eigenvalue weighted by Gasteiger charge is 2.04. The molecule has 0 aliphatic heterocycles. The zero-order chi connectivity index (χ0) is 12.5. The second kappa shape index (κ2) is 7.49. The number of carbonyl (C=O) groups excluding carboxylic acids is 1. The monoisotopic (exact) mass is 233 g/mol. The molecule has 0 fully saturated rings. The summed E-state index contributed by atoms with van der Waals surface area (Å²) in [5.41, 5.74) is 7.19. The van der Waals surface area contributed by atoms with Crippen LogP contribution in [-0.4, -0.2) is 12.6 Å². The number of carbonyl (C=O) groups is 1. The Morgan fingerprint density at radius 2 is 2.00 bits per heavy atom. The largest absolute Gasteiger partial charge is 0.465 e. The molecule has 0 radical (unpaired) electrons. The molecule has 0 saturated carbocycles. The number of rotatable bonds is 7. The Kier molecular flexibility index (Phi) is 5.86. The quantitative estimate of drug-likeness (QED) is 0.341. The predicted octanol–water partition coefficient (Wildman–Crippen LogP) is 2.71. The molecule has 0 atom stereocenters. The predicted molar refractivity (Wildman–Crippen MR) is 69.6 cm³/mol. The van der Waals surface area contributed by atoms with Crippen LogP contribution in [0.15, 0.2) is 36.9 Å². The van der Waals surface area contributed by atoms with E-state index in [-0.39, 0.29) is 5.97 Å². The van der Waals surface area contributed by atoms with Gasteiger partial charge in [0.25, 0.3) is 0 Å². The maximum Gasteiger partial charge on any atom is 0.310 e. The van der Waals surface area contributed by atoms with Gasteiger partial charge in [0.1, 0.15) is 0 Å². The summed E-state index contributed by atoms with van der Waals surface area (Å²) < 4.78 is 5.12. The minimum absolute atomic E-state index is 0.187. The summed E-state index contributed by atoms with van der Waals surface area (Å²) in [4.78, 5) is 11.5. The average molecular weight is 233 g/mol. The van der Waals surface area contributed by atoms with Crippen LogP contribution < -0.4 is 5.73 Å². The van der Waals surface area contributed by atoms with Gasteiger partial charge >= 0.3 is 5.97 Å². The molecule has 1 rings (SSSR count). The van der Waals surface area contributed by atoms with E-state index >= 15 is 0 Å². The first-order chi connectivity index (χ1) is 8.22. The molecule has 0 heterocycles. The summed E-state index contributed by atoms with van der Waals surface area (Å²) in [7, 11) is 0. The van der Waals surface area contributed by atoms with Gasteiger partial charge in [-0.1, -0.05) is 18.2 Å². The first-order valence-electron chi connectivity index (χ1n) is 5.83. The Balaban J connectivity index is 2.20. The van der Waals surface area contributed by atoms with Crippen molar-refractivity contribution in [1.29, 1.82) is 0 Å². The van der Waals surface area contributed by atoms with Crippen LogP contribution in [0.5, 0.6) is 0 Å². The van der Waals surface area contributed by atoms with Crippen molar-refractivity contribution in [3.63, 3.8) is 0 Å². The summed E-state index contributed by atoms with van der Waals surface area (Å²) in [6, 6.07) is 7.25. The van der Waals surface area contributed by atoms with E-state index in [1.807, 2.05) is 18.2 Å². The van der Waals surface area contributed by atoms with Gasteiger partial charge < -0.3 is 10.5 Å². The molecule has 1 aromatic rings. The fraction of sp³-hybridized carbons (Fsp3) is 0.357. The zero-order valence-electron chi connectivity index (χ0n) is 10.0. The molecule has 0 aliphatic rings. The van der Waals surface area contributed by atoms with Gasteiger partial charge in [-0.3, -0.25) is 4.79 Å². The van der Waals surface area contributed by atoms with Gasteiger partial charge in [-0.05, 0) is 37.0 Å². The number of hydrogen-bond acceptors (Lipinski definition) is 3. The van der Waals surface area contributed by atoms with Crippen LogP contribution in [0.25, 0.3) is 0 Å². The van der Waals surface area contributed by atoms with Gasteiger partial charge in [0.05, 0.1) is 13.0 Å². The molecule has 3 heteroatoms. The third-order valence-electron chi connectivity index (χ3n) is 2.39. The maximum atomic E-state index is 11.5. The normalized spacial score (nSPS) is 9.88. The summed E-state index contributed by atoms with van der Waals surface area (Å²) >= 11 is 0. The molecule has 0 bridgehead atoms. The van der Waals surface area contributed by atoms with Crippen molar-refractivity contribution in [3.8, 4) is 0 Å². The van der Waals surface area contributed by atoms with E-state index in [1.165, 1.54) is 0 Å². The molecule has 0 spiro atoms. The van der Waals surface area contributed by atoms with Gasteiger partial charge in [0.2, 0.25) is 0 Å². The highest BCUT2D eigenvalue weighted by molar-refractivity contribution is 5.72. The summed E-state index contributed by atoms with van der Waals surface area (Å²) in [6.07, 6.45) is 5.05. The number of unbranched alkanes of at least 4 members (excludes halogenated alkanes) is 2. The lowest BCUT2D eigenvalue weighted by molar-refractivity contribution is -0.142. The highest BCUT2D eigenvalue weighted by atomic mass is 16.5. The first kappa shape index (κ1) is 13.3. The number of nitrogen functional groups attached to an aromatic ring is 1. The summed E-state index contributed by atoms with van der Waals surface area (Å²) in [5, 5.41) is 0. The van der Waals surface area contributed by atoms with Crippen molar-refractivity contribution in [3.05, 3.63) is 42.5 Å². The van der Waals surface area contributed by atoms with E-state index in [4.69, 9.17) is 10.5 Å². The summed E-state index contributed by atoms with van der Waals surface area (Å²) in [5.74, 6) is -0.187. The standard InChI is InChI=1S/C14H19NO2/c1-2-3-4-5-10-17-14(16)11-12-6-8-13(15)9-7-12/h2,6-9H,1,3-5,10-11,15H2. The first-order valence-corrected chi connectivity index (χ1v) is 5.83. The number of allylic oxidation sites excluding steroid dienone is 1. The van der Waals surface area contributed by atoms with E-state index in [2.05, 4.69) is 6.58 Å². The lowest BCUT2D eigenvalue weighted by Gasteiger charge is -2.04. The second-order valence-corrected chi connectivity index (χ2v) is 3.92. The fourth-order valence-corrected chi connectivity index (χ4v) is 1.43. The molecule has 17 heavy (non-hydrogen) atoms. The molecule has 1 aromatic carbocycles. The number of esters is 1. The molecule has 2 N–H and O–H groups in total. The molecule has 0 aromatic heterocycles. The van der Waals surface area contributed by atoms with Crippen LogP contribution in [-0.2, 0) is 16.0 Å². The van der Waals surface area contributed by atoms with Crippen LogP contribution in [0, 0.1) is 0 Å². The van der Waals surface area contributed by atoms with Gasteiger partial charge in [-0.25, -0.2) is 0 Å². The van der Waals surface area contributed by atoms with Crippen LogP contribution in [0.2, 0.25) is 0 Å². The third kappa shape index (κ3) is 5.76. The van der Waals surface area contributed by atoms with Crippen molar-refractivity contribution in [1.82, 2.24) is 0 Å². The van der Waals surface area contributed by atoms with Crippen LogP contribution in [0.3, 0.4) is 0 Å². The topological polar surface area (TPSA) is 52.3 Å². The lowest BCUT2D eigenvalue weighted by atomic mass is 10.1. The number of hydrogen-bond donors (Lipinski definition) is 1. The average Bonchev–Trinajstić information content (AvgIpc) is 2.32. The Morgan fingerprint density at radius 3 is 2.65 bits per heavy atom. The van der Waals surface area contributed by atoms with Crippen molar-refractivity contribution in [2.75, 3.05) is 12.3 Å². The minimum atomic E-state index is -0.187. The molecule has 0 saturated heterocycles. The summed E-state index contributed by atoms with van der Waals surface area (Å²) in [6.45, 7) is 4.13. The Labute approximate surface area is 102 Å². The molecule has 0 aliphatic carbocycles. The fourth-order valence-electron chi connectivity index (χ4n) is 1.43. The van der Waals surface area contributed by atoms with Gasteiger partial charge in [0, 0.05) is 5.69 Å². The molecular weight excluding hydrogens is 214 g/mol. The van der Waals surface area contributed by atoms with Crippen molar-refractivity contribution in [2.24, 2.45) is 0 Å². The van der Waals surface area contributed by atoms with Crippen molar-refractivity contribution >= 4 is 11.7 Å². The Morgan fingerprint density at radius 1 is 1.29 bits per heavy atom. The van der Waals surface area contributed by atoms with Gasteiger partial charge in [0.15, 0.2) is 0 Å². The van der Waals surface area contributed by atoms with Crippen LogP contribution in [0.4, 0.5) is 5.69 Å². The smallest absolute Gasteiger partial charge is 0.310 e. The van der Waals surface area contributed by atoms with Crippen molar-refractivity contribution in [2.45, 2.75) is 25.7 Å². The molecular formula is C14H19NO2. The van der Waals surface area contributed by atoms with E-state index in [0.717, 1.165) is 24.8 Å². The maximum absolute atomic E-state index is 11.5. The third-order valence-corrected chi connectivity index (χ3v) is 2.39. The molecule has 3 nitrogen and oxygen atoms in total. The lowest BCUT2D eigenvalue weighted by Crippen LogP contribution is -2.09. The van der Waals surface area contributed by atoms with Gasteiger partial charge in [-0.15, -0.1) is 6.58 Å². The molecule has 0 unspecified atom stereocenters. The number of benzene rings is 1. The van der Waals surface area contributed by atoms with E-state index in [9.17, 15) is 4.79 Å². The molecule has 0 amide bonds. The van der Waals surface area contributed by atoms with Crippen LogP contribution in [0.1, 0.15) is 24.8 Å². The SMILES string of the molecule is C=CCCCCOC(=O)Cc1ccc(N)cc1. The number of nitrogens with two attached hydrogens (primary N) is 1.